The predicted octanol–water partition coefficient (Wildman–Crippen LogP) is 5.27. The first-order valence-electron chi connectivity index (χ1n) is 16.0. The molecule has 13 nitrogen and oxygen atoms in total. The van der Waals surface area contributed by atoms with Crippen LogP contribution in [0.4, 0.5) is 11.4 Å². The maximum absolute atomic E-state index is 14.7. The fourth-order valence-electron chi connectivity index (χ4n) is 7.52. The van der Waals surface area contributed by atoms with E-state index in [1.165, 1.54) is 34.3 Å². The Balaban J connectivity index is 1.93. The van der Waals surface area contributed by atoms with Gasteiger partial charge < -0.3 is 40.2 Å². The summed E-state index contributed by atoms with van der Waals surface area (Å²) in [6, 6.07) is 2.87. The second-order valence-electron chi connectivity index (χ2n) is 12.4. The first-order valence-corrected chi connectivity index (χ1v) is 16.0. The monoisotopic (exact) mass is 684 g/mol. The van der Waals surface area contributed by atoms with Crippen molar-refractivity contribution in [3.8, 4) is 23.0 Å². The molecular formula is C37H36N2O11. The van der Waals surface area contributed by atoms with Crippen molar-refractivity contribution >= 4 is 78.3 Å². The van der Waals surface area contributed by atoms with Gasteiger partial charge in [0, 0.05) is 81.8 Å². The number of carboxylic acid groups (broad SMARTS) is 2. The summed E-state index contributed by atoms with van der Waals surface area (Å²) in [6.07, 6.45) is 1.97. The molecule has 1 aliphatic carbocycles. The van der Waals surface area contributed by atoms with Gasteiger partial charge >= 0.3 is 11.9 Å². The molecule has 1 aliphatic rings. The molecule has 1 atom stereocenters. The number of nitrogens with one attached hydrogen (secondary N) is 2. The lowest BCUT2D eigenvalue weighted by Gasteiger charge is -2.25. The number of methoxy groups -OCH3 is 3. The molecule has 6 rings (SSSR count). The van der Waals surface area contributed by atoms with Crippen LogP contribution in [0.15, 0.2) is 27.3 Å². The van der Waals surface area contributed by atoms with Gasteiger partial charge in [-0.15, -0.1) is 0 Å². The fourth-order valence-corrected chi connectivity index (χ4v) is 7.52. The second kappa shape index (κ2) is 12.9. The molecule has 5 aromatic carbocycles. The fraction of sp³-hybridized carbons (Fsp3) is 0.324. The molecule has 0 heterocycles. The van der Waals surface area contributed by atoms with E-state index in [4.69, 9.17) is 14.2 Å². The smallest absolute Gasteiger partial charge is 0.303 e. The van der Waals surface area contributed by atoms with Gasteiger partial charge in [-0.3, -0.25) is 24.0 Å². The maximum atomic E-state index is 14.7. The van der Waals surface area contributed by atoms with Crippen molar-refractivity contribution in [2.45, 2.75) is 45.4 Å². The van der Waals surface area contributed by atoms with Crippen LogP contribution < -0.4 is 35.7 Å². The number of rotatable bonds is 14. The zero-order valence-corrected chi connectivity index (χ0v) is 28.2. The molecule has 0 spiro atoms. The Hall–Kier alpha value is -5.85. The van der Waals surface area contributed by atoms with Gasteiger partial charge in [0.2, 0.25) is 5.43 Å². The molecule has 1 unspecified atom stereocenters. The summed E-state index contributed by atoms with van der Waals surface area (Å²) < 4.78 is 17.6. The van der Waals surface area contributed by atoms with Crippen LogP contribution in [0.3, 0.4) is 0 Å². The van der Waals surface area contributed by atoms with Crippen LogP contribution in [0, 0.1) is 0 Å². The van der Waals surface area contributed by atoms with Crippen LogP contribution in [0.25, 0.3) is 49.2 Å². The van der Waals surface area contributed by atoms with E-state index in [1.807, 2.05) is 0 Å². The second-order valence-corrected chi connectivity index (χ2v) is 12.4. The van der Waals surface area contributed by atoms with Crippen LogP contribution in [0.1, 0.15) is 56.6 Å². The minimum Gasteiger partial charge on any atom is -0.505 e. The maximum Gasteiger partial charge on any atom is 0.303 e. The largest absolute Gasteiger partial charge is 0.505 e. The molecule has 0 saturated carbocycles. The Morgan fingerprint density at radius 3 is 1.90 bits per heavy atom. The van der Waals surface area contributed by atoms with Crippen LogP contribution in [-0.4, -0.2) is 67.5 Å². The van der Waals surface area contributed by atoms with Gasteiger partial charge in [0.15, 0.2) is 16.9 Å². The van der Waals surface area contributed by atoms with Crippen molar-refractivity contribution in [3.05, 3.63) is 49.3 Å². The van der Waals surface area contributed by atoms with E-state index in [2.05, 4.69) is 10.6 Å². The van der Waals surface area contributed by atoms with Crippen molar-refractivity contribution in [2.75, 3.05) is 45.1 Å². The quantitative estimate of drug-likeness (QED) is 0.0439. The third-order valence-corrected chi connectivity index (χ3v) is 9.42. The number of carboxylic acids is 2. The summed E-state index contributed by atoms with van der Waals surface area (Å²) in [5.41, 5.74) is 0.695. The number of phenols is 1. The summed E-state index contributed by atoms with van der Waals surface area (Å²) in [5, 5.41) is 39.2. The lowest BCUT2D eigenvalue weighted by Crippen LogP contribution is -2.19. The number of hydrogen-bond donors (Lipinski definition) is 5. The third kappa shape index (κ3) is 5.11. The summed E-state index contributed by atoms with van der Waals surface area (Å²) in [6.45, 7) is 3.49. The van der Waals surface area contributed by atoms with Crippen LogP contribution in [0.5, 0.6) is 23.0 Å². The number of ether oxygens (including phenoxy) is 3. The van der Waals surface area contributed by atoms with E-state index in [0.717, 1.165) is 0 Å². The van der Waals surface area contributed by atoms with Crippen molar-refractivity contribution < 1.29 is 43.9 Å². The highest BCUT2D eigenvalue weighted by Crippen LogP contribution is 2.56. The van der Waals surface area contributed by atoms with Crippen LogP contribution in [0.2, 0.25) is 0 Å². The van der Waals surface area contributed by atoms with E-state index in [1.54, 1.807) is 19.1 Å². The Kier molecular flexibility index (Phi) is 8.77. The highest BCUT2D eigenvalue weighted by molar-refractivity contribution is 6.40. The number of phenolic OH excluding ortho intramolecular Hbond substituents is 1. The van der Waals surface area contributed by atoms with E-state index in [9.17, 15) is 39.3 Å². The number of carbonyl (C=O) groups excluding carboxylic acids is 1. The van der Waals surface area contributed by atoms with Crippen molar-refractivity contribution in [1.29, 1.82) is 0 Å². The third-order valence-electron chi connectivity index (χ3n) is 9.42. The Bertz CT molecular complexity index is 2400. The highest BCUT2D eigenvalue weighted by atomic mass is 16.5. The standard InChI is InChI=1S/C37H36N2O11/c1-15-12-17-25-30-27(35(46)34(17)39-11-7-9-23(44)45)19(41)14-21(49-4)29(30)28-20(48-3)13-18(38-10-6-8-22(42)43)26-32(28)31(25)33(24(15)16(2)40)37(50-5)36(26)47/h12-14,24,38-39,46H,6-11H2,1-5H3,(H,42,43)(H,44,45). The lowest BCUT2D eigenvalue weighted by molar-refractivity contribution is -0.138. The number of Topliss-reactive ketones (excluding diaryl/α,β-unsaturated/α-hetero) is 1. The SMILES string of the molecule is COc1c2c3c4c(c(NCCCC(=O)O)c(O)c5c(=O)cc(OC)c(c6c(OC)cc(NCCCC(=O)O)c(c1=O)c63)c54)C=C(C)C2C(C)=O. The predicted molar refractivity (Wildman–Crippen MR) is 190 cm³/mol. The number of aromatic hydroxyl groups is 1. The number of fused-ring (bicyclic) bond motifs is 1. The summed E-state index contributed by atoms with van der Waals surface area (Å²) >= 11 is 0. The molecule has 5 aromatic rings. The molecule has 0 saturated heterocycles. The van der Waals surface area contributed by atoms with Crippen LogP contribution in [-0.2, 0) is 14.4 Å². The first-order chi connectivity index (χ1) is 23.9. The van der Waals surface area contributed by atoms with Gasteiger partial charge in [0.25, 0.3) is 0 Å². The molecule has 5 N–H and O–H groups in total. The van der Waals surface area contributed by atoms with E-state index in [0.29, 0.717) is 60.5 Å². The number of anilines is 2. The molecule has 0 amide bonds. The molecule has 0 aromatic heterocycles. The topological polar surface area (TPSA) is 198 Å². The van der Waals surface area contributed by atoms with E-state index in [-0.39, 0.29) is 78.3 Å². The Morgan fingerprint density at radius 1 is 0.760 bits per heavy atom. The lowest BCUT2D eigenvalue weighted by atomic mass is 9.80. The van der Waals surface area contributed by atoms with E-state index < -0.39 is 28.7 Å². The minimum atomic E-state index is -0.990. The normalized spacial score (nSPS) is 13.9. The Morgan fingerprint density at radius 2 is 1.34 bits per heavy atom. The van der Waals surface area contributed by atoms with Gasteiger partial charge in [-0.25, -0.2) is 0 Å². The number of benzene rings is 5. The minimum absolute atomic E-state index is 0.0412. The number of hydrogen-bond acceptors (Lipinski definition) is 11. The van der Waals surface area contributed by atoms with Gasteiger partial charge in [-0.1, -0.05) is 11.6 Å². The zero-order chi connectivity index (χ0) is 36.2. The number of carbonyl (C=O) groups is 3. The van der Waals surface area contributed by atoms with E-state index >= 15 is 0 Å². The summed E-state index contributed by atoms with van der Waals surface area (Å²) in [4.78, 5) is 64.7. The number of ketones is 1. The molecule has 13 heteroatoms. The molecule has 0 radical (unpaired) electrons. The highest BCUT2D eigenvalue weighted by Gasteiger charge is 2.37. The first kappa shape index (κ1) is 34.0. The summed E-state index contributed by atoms with van der Waals surface area (Å²) in [5.74, 6) is -3.19. The van der Waals surface area contributed by atoms with Gasteiger partial charge in [-0.05, 0) is 32.1 Å². The zero-order valence-electron chi connectivity index (χ0n) is 28.2. The number of allylic oxidation sites excluding steroid dienone is 1. The molecule has 0 bridgehead atoms. The molecule has 50 heavy (non-hydrogen) atoms. The molecule has 0 fully saturated rings. The molecular weight excluding hydrogens is 648 g/mol. The van der Waals surface area contributed by atoms with Crippen LogP contribution >= 0.6 is 0 Å². The molecule has 260 valence electrons. The average molecular weight is 685 g/mol. The van der Waals surface area contributed by atoms with Gasteiger partial charge in [0.05, 0.1) is 43.7 Å². The van der Waals surface area contributed by atoms with Gasteiger partial charge in [-0.2, -0.15) is 0 Å². The van der Waals surface area contributed by atoms with Gasteiger partial charge in [0.1, 0.15) is 17.3 Å². The van der Waals surface area contributed by atoms with Crippen molar-refractivity contribution in [3.63, 3.8) is 0 Å². The van der Waals surface area contributed by atoms with Crippen molar-refractivity contribution in [1.82, 2.24) is 0 Å². The number of aliphatic carboxylic acids is 2. The summed E-state index contributed by atoms with van der Waals surface area (Å²) in [7, 11) is 4.19. The average Bonchev–Trinajstić information content (AvgIpc) is 3.19. The van der Waals surface area contributed by atoms with Crippen molar-refractivity contribution in [2.24, 2.45) is 0 Å². The Labute approximate surface area is 284 Å². The molecule has 0 aliphatic heterocycles.